The standard InChI is InChI=1S/C20H23BrN2O3/c1-25-18-5-7-19(8-6-18)26-15-20(24)23-11-9-22(10-12-23)14-16-3-2-4-17(21)13-16/h2-8,13H,9-12,14-15H2,1H3/p+1. The Bertz CT molecular complexity index is 728. The molecular weight excluding hydrogens is 396 g/mol. The maximum absolute atomic E-state index is 12.4. The van der Waals surface area contributed by atoms with Crippen molar-refractivity contribution in [2.45, 2.75) is 6.54 Å². The molecule has 1 aliphatic heterocycles. The van der Waals surface area contributed by atoms with Crippen LogP contribution in [0.5, 0.6) is 11.5 Å². The van der Waals surface area contributed by atoms with Crippen LogP contribution in [-0.4, -0.2) is 50.7 Å². The Morgan fingerprint density at radius 1 is 1.12 bits per heavy atom. The van der Waals surface area contributed by atoms with E-state index in [-0.39, 0.29) is 12.5 Å². The first kappa shape index (κ1) is 18.7. The number of methoxy groups -OCH3 is 1. The van der Waals surface area contributed by atoms with Gasteiger partial charge in [0, 0.05) is 10.0 Å². The Labute approximate surface area is 162 Å². The Balaban J connectivity index is 1.42. The topological polar surface area (TPSA) is 43.2 Å². The summed E-state index contributed by atoms with van der Waals surface area (Å²) in [5.41, 5.74) is 1.32. The Kier molecular flexibility index (Phi) is 6.52. The molecule has 1 saturated heterocycles. The van der Waals surface area contributed by atoms with Crippen molar-refractivity contribution in [3.05, 3.63) is 58.6 Å². The summed E-state index contributed by atoms with van der Waals surface area (Å²) in [7, 11) is 1.62. The predicted octanol–water partition coefficient (Wildman–Crippen LogP) is 1.76. The van der Waals surface area contributed by atoms with E-state index < -0.39 is 0 Å². The second-order valence-corrected chi connectivity index (χ2v) is 7.32. The first-order valence-corrected chi connectivity index (χ1v) is 9.56. The molecule has 0 saturated carbocycles. The molecule has 1 heterocycles. The van der Waals surface area contributed by atoms with Gasteiger partial charge in [0.1, 0.15) is 18.0 Å². The number of rotatable bonds is 6. The molecule has 1 N–H and O–H groups in total. The van der Waals surface area contributed by atoms with Crippen LogP contribution in [0, 0.1) is 0 Å². The third-order valence-electron chi connectivity index (χ3n) is 4.59. The highest BCUT2D eigenvalue weighted by Crippen LogP contribution is 2.17. The molecule has 1 fully saturated rings. The van der Waals surface area contributed by atoms with Crippen LogP contribution in [0.2, 0.25) is 0 Å². The summed E-state index contributed by atoms with van der Waals surface area (Å²) in [5, 5.41) is 0. The van der Waals surface area contributed by atoms with Crippen LogP contribution >= 0.6 is 15.9 Å². The van der Waals surface area contributed by atoms with Crippen LogP contribution in [0.3, 0.4) is 0 Å². The van der Waals surface area contributed by atoms with Crippen LogP contribution in [0.4, 0.5) is 0 Å². The second kappa shape index (κ2) is 9.05. The van der Waals surface area contributed by atoms with E-state index in [1.165, 1.54) is 10.5 Å². The zero-order valence-electron chi connectivity index (χ0n) is 14.9. The number of ether oxygens (including phenoxy) is 2. The lowest BCUT2D eigenvalue weighted by Gasteiger charge is -2.32. The smallest absolute Gasteiger partial charge is 0.260 e. The van der Waals surface area contributed by atoms with Gasteiger partial charge >= 0.3 is 0 Å². The molecule has 0 atom stereocenters. The molecule has 3 rings (SSSR count). The number of carbonyl (C=O) groups excluding carboxylic acids is 1. The van der Waals surface area contributed by atoms with E-state index in [1.807, 2.05) is 35.2 Å². The van der Waals surface area contributed by atoms with Gasteiger partial charge in [-0.25, -0.2) is 0 Å². The van der Waals surface area contributed by atoms with E-state index in [4.69, 9.17) is 9.47 Å². The number of nitrogens with zero attached hydrogens (tertiary/aromatic N) is 1. The molecule has 1 aliphatic rings. The van der Waals surface area contributed by atoms with Gasteiger partial charge in [-0.05, 0) is 36.4 Å². The molecule has 0 aromatic heterocycles. The predicted molar refractivity (Wildman–Crippen MR) is 104 cm³/mol. The van der Waals surface area contributed by atoms with Gasteiger partial charge < -0.3 is 19.3 Å². The average Bonchev–Trinajstić information content (AvgIpc) is 2.67. The highest BCUT2D eigenvalue weighted by atomic mass is 79.9. The third-order valence-corrected chi connectivity index (χ3v) is 5.08. The van der Waals surface area contributed by atoms with Crippen molar-refractivity contribution in [2.24, 2.45) is 0 Å². The molecule has 138 valence electrons. The minimum Gasteiger partial charge on any atom is -0.497 e. The summed E-state index contributed by atoms with van der Waals surface area (Å²) in [6.45, 7) is 4.53. The number of hydrogen-bond acceptors (Lipinski definition) is 3. The van der Waals surface area contributed by atoms with Crippen molar-refractivity contribution in [3.8, 4) is 11.5 Å². The summed E-state index contributed by atoms with van der Waals surface area (Å²) in [5.74, 6) is 1.49. The van der Waals surface area contributed by atoms with Gasteiger partial charge in [-0.2, -0.15) is 0 Å². The highest BCUT2D eigenvalue weighted by molar-refractivity contribution is 9.10. The molecule has 2 aromatic carbocycles. The molecule has 0 spiro atoms. The van der Waals surface area contributed by atoms with Gasteiger partial charge in [0.05, 0.1) is 33.3 Å². The minimum atomic E-state index is 0.0438. The Morgan fingerprint density at radius 2 is 1.81 bits per heavy atom. The number of nitrogens with one attached hydrogen (secondary N) is 1. The number of hydrogen-bond donors (Lipinski definition) is 1. The van der Waals surface area contributed by atoms with Crippen molar-refractivity contribution in [1.82, 2.24) is 4.90 Å². The normalized spacial score (nSPS) is 14.9. The number of amides is 1. The average molecular weight is 420 g/mol. The van der Waals surface area contributed by atoms with Crippen molar-refractivity contribution in [2.75, 3.05) is 39.9 Å². The Morgan fingerprint density at radius 3 is 2.46 bits per heavy atom. The zero-order valence-corrected chi connectivity index (χ0v) is 16.5. The molecule has 0 unspecified atom stereocenters. The van der Waals surface area contributed by atoms with E-state index in [0.717, 1.165) is 42.9 Å². The molecule has 0 radical (unpaired) electrons. The SMILES string of the molecule is COc1ccc(OCC(=O)N2CC[NH+](Cc3cccc(Br)c3)CC2)cc1. The monoisotopic (exact) mass is 419 g/mol. The van der Waals surface area contributed by atoms with Crippen LogP contribution in [0.15, 0.2) is 53.0 Å². The van der Waals surface area contributed by atoms with E-state index in [0.29, 0.717) is 5.75 Å². The number of piperazine rings is 1. The minimum absolute atomic E-state index is 0.0438. The molecule has 2 aromatic rings. The lowest BCUT2D eigenvalue weighted by molar-refractivity contribution is -0.917. The third kappa shape index (κ3) is 5.22. The Hall–Kier alpha value is -2.05. The van der Waals surface area contributed by atoms with Crippen LogP contribution in [0.1, 0.15) is 5.56 Å². The fourth-order valence-electron chi connectivity index (χ4n) is 3.09. The quantitative estimate of drug-likeness (QED) is 0.775. The molecule has 6 heteroatoms. The summed E-state index contributed by atoms with van der Waals surface area (Å²) >= 11 is 3.52. The summed E-state index contributed by atoms with van der Waals surface area (Å²) in [6, 6.07) is 15.7. The van der Waals surface area contributed by atoms with Gasteiger partial charge in [-0.1, -0.05) is 28.1 Å². The molecule has 5 nitrogen and oxygen atoms in total. The van der Waals surface area contributed by atoms with E-state index in [2.05, 4.69) is 34.1 Å². The molecule has 1 amide bonds. The number of quaternary nitrogens is 1. The van der Waals surface area contributed by atoms with Crippen molar-refractivity contribution < 1.29 is 19.2 Å². The fourth-order valence-corrected chi connectivity index (χ4v) is 3.54. The first-order chi connectivity index (χ1) is 12.6. The van der Waals surface area contributed by atoms with Crippen LogP contribution < -0.4 is 14.4 Å². The number of halogens is 1. The highest BCUT2D eigenvalue weighted by Gasteiger charge is 2.24. The lowest BCUT2D eigenvalue weighted by atomic mass is 10.2. The van der Waals surface area contributed by atoms with Gasteiger partial charge in [-0.3, -0.25) is 4.79 Å². The van der Waals surface area contributed by atoms with E-state index in [1.54, 1.807) is 7.11 Å². The maximum Gasteiger partial charge on any atom is 0.260 e. The summed E-state index contributed by atoms with van der Waals surface area (Å²) in [4.78, 5) is 15.8. The largest absolute Gasteiger partial charge is 0.497 e. The van der Waals surface area contributed by atoms with Crippen LogP contribution in [-0.2, 0) is 11.3 Å². The van der Waals surface area contributed by atoms with Gasteiger partial charge in [-0.15, -0.1) is 0 Å². The fraction of sp³-hybridized carbons (Fsp3) is 0.350. The van der Waals surface area contributed by atoms with Crippen molar-refractivity contribution >= 4 is 21.8 Å². The van der Waals surface area contributed by atoms with E-state index >= 15 is 0 Å². The molecule has 0 aliphatic carbocycles. The van der Waals surface area contributed by atoms with Gasteiger partial charge in [0.2, 0.25) is 0 Å². The summed E-state index contributed by atoms with van der Waals surface area (Å²) in [6.07, 6.45) is 0. The molecule has 26 heavy (non-hydrogen) atoms. The second-order valence-electron chi connectivity index (χ2n) is 6.40. The van der Waals surface area contributed by atoms with Crippen molar-refractivity contribution in [3.63, 3.8) is 0 Å². The molecular formula is C20H24BrN2O3+. The van der Waals surface area contributed by atoms with E-state index in [9.17, 15) is 4.79 Å². The van der Waals surface area contributed by atoms with Crippen LogP contribution in [0.25, 0.3) is 0 Å². The number of benzene rings is 2. The zero-order chi connectivity index (χ0) is 18.4. The van der Waals surface area contributed by atoms with Gasteiger partial charge in [0.25, 0.3) is 5.91 Å². The molecule has 0 bridgehead atoms. The number of carbonyl (C=O) groups is 1. The maximum atomic E-state index is 12.4. The summed E-state index contributed by atoms with van der Waals surface area (Å²) < 4.78 is 11.8. The van der Waals surface area contributed by atoms with Crippen molar-refractivity contribution in [1.29, 1.82) is 0 Å². The first-order valence-electron chi connectivity index (χ1n) is 8.76. The lowest BCUT2D eigenvalue weighted by Crippen LogP contribution is -3.13. The van der Waals surface area contributed by atoms with Gasteiger partial charge in [0.15, 0.2) is 6.61 Å².